The van der Waals surface area contributed by atoms with Gasteiger partial charge in [-0.1, -0.05) is 61.7 Å². The zero-order valence-electron chi connectivity index (χ0n) is 11.9. The minimum Gasteiger partial charge on any atom is -0.262 e. The van der Waals surface area contributed by atoms with E-state index >= 15 is 0 Å². The van der Waals surface area contributed by atoms with Crippen LogP contribution in [0, 0.1) is 12.8 Å². The van der Waals surface area contributed by atoms with Crippen LogP contribution in [0.5, 0.6) is 0 Å². The molecule has 1 heterocycles. The second-order valence-electron chi connectivity index (χ2n) is 5.63. The Bertz CT molecular complexity index is 558. The van der Waals surface area contributed by atoms with Gasteiger partial charge >= 0.3 is 0 Å². The van der Waals surface area contributed by atoms with Gasteiger partial charge in [0.2, 0.25) is 5.16 Å². The maximum atomic E-state index is 4.61. The Labute approximate surface area is 124 Å². The molecule has 0 radical (unpaired) electrons. The topological polar surface area (TPSA) is 41.6 Å². The van der Waals surface area contributed by atoms with E-state index < -0.39 is 0 Å². The monoisotopic (exact) mass is 287 g/mol. The number of benzene rings is 1. The summed E-state index contributed by atoms with van der Waals surface area (Å²) in [5.74, 6) is 2.81. The molecule has 1 fully saturated rings. The first kappa shape index (κ1) is 13.7. The Kier molecular flexibility index (Phi) is 4.41. The smallest absolute Gasteiger partial charge is 0.208 e. The summed E-state index contributed by atoms with van der Waals surface area (Å²) >= 11 is 1.71. The van der Waals surface area contributed by atoms with Crippen LogP contribution in [-0.2, 0) is 12.2 Å². The molecule has 1 aromatic heterocycles. The van der Waals surface area contributed by atoms with Gasteiger partial charge in [-0.15, -0.1) is 5.10 Å². The van der Waals surface area contributed by atoms with Gasteiger partial charge < -0.3 is 0 Å². The number of nitrogens with zero attached hydrogens (tertiary/aromatic N) is 2. The maximum Gasteiger partial charge on any atom is 0.208 e. The molecule has 0 aliphatic heterocycles. The highest BCUT2D eigenvalue weighted by atomic mass is 32.2. The van der Waals surface area contributed by atoms with Crippen molar-refractivity contribution in [1.82, 2.24) is 15.2 Å². The molecule has 3 rings (SSSR count). The number of hydrogen-bond acceptors (Lipinski definition) is 3. The third-order valence-electron chi connectivity index (χ3n) is 4.09. The molecular weight excluding hydrogens is 266 g/mol. The third kappa shape index (κ3) is 3.42. The Balaban J connectivity index is 1.56. The average Bonchev–Trinajstić information content (AvgIpc) is 3.10. The number of H-pyrrole nitrogens is 1. The number of hydrogen-bond donors (Lipinski definition) is 1. The molecule has 0 unspecified atom stereocenters. The summed E-state index contributed by atoms with van der Waals surface area (Å²) in [7, 11) is 0. The van der Waals surface area contributed by atoms with Gasteiger partial charge in [-0.2, -0.15) is 0 Å². The van der Waals surface area contributed by atoms with Gasteiger partial charge in [-0.25, -0.2) is 4.98 Å². The van der Waals surface area contributed by atoms with Crippen molar-refractivity contribution in [3.05, 3.63) is 41.2 Å². The molecule has 106 valence electrons. The third-order valence-corrected chi connectivity index (χ3v) is 4.98. The van der Waals surface area contributed by atoms with E-state index in [0.717, 1.165) is 29.1 Å². The molecule has 2 aromatic rings. The van der Waals surface area contributed by atoms with Crippen LogP contribution in [0.25, 0.3) is 0 Å². The minimum atomic E-state index is 0.817. The molecule has 1 aliphatic rings. The van der Waals surface area contributed by atoms with Crippen LogP contribution >= 0.6 is 11.8 Å². The molecule has 0 atom stereocenters. The van der Waals surface area contributed by atoms with Crippen LogP contribution in [0.3, 0.4) is 0 Å². The lowest BCUT2D eigenvalue weighted by Gasteiger charge is -2.04. The van der Waals surface area contributed by atoms with Gasteiger partial charge in [0.25, 0.3) is 0 Å². The summed E-state index contributed by atoms with van der Waals surface area (Å²) in [6, 6.07) is 8.50. The average molecular weight is 287 g/mol. The summed E-state index contributed by atoms with van der Waals surface area (Å²) in [6.45, 7) is 2.15. The maximum absolute atomic E-state index is 4.61. The number of aryl methyl sites for hydroxylation is 1. The van der Waals surface area contributed by atoms with Gasteiger partial charge in [0.1, 0.15) is 5.82 Å². The highest BCUT2D eigenvalue weighted by Gasteiger charge is 2.17. The highest BCUT2D eigenvalue weighted by Crippen LogP contribution is 2.28. The molecule has 1 aromatic carbocycles. The van der Waals surface area contributed by atoms with Gasteiger partial charge in [0, 0.05) is 12.2 Å². The second kappa shape index (κ2) is 6.44. The number of aromatic amines is 1. The van der Waals surface area contributed by atoms with E-state index in [1.165, 1.54) is 36.8 Å². The van der Waals surface area contributed by atoms with Crippen molar-refractivity contribution in [2.24, 2.45) is 5.92 Å². The van der Waals surface area contributed by atoms with Crippen molar-refractivity contribution >= 4 is 11.8 Å². The van der Waals surface area contributed by atoms with Crippen LogP contribution in [0.4, 0.5) is 0 Å². The fourth-order valence-electron chi connectivity index (χ4n) is 2.84. The standard InChI is InChI=1S/C16H21N3S/c1-12-6-2-5-9-14(12)11-20-16-17-15(18-19-16)10-13-7-3-4-8-13/h2,5-6,9,13H,3-4,7-8,10-11H2,1H3,(H,17,18,19). The van der Waals surface area contributed by atoms with Gasteiger partial charge in [0.05, 0.1) is 0 Å². The van der Waals surface area contributed by atoms with E-state index in [1.807, 2.05) is 0 Å². The van der Waals surface area contributed by atoms with E-state index in [9.17, 15) is 0 Å². The summed E-state index contributed by atoms with van der Waals surface area (Å²) in [6.07, 6.45) is 6.54. The second-order valence-corrected chi connectivity index (χ2v) is 6.58. The normalized spacial score (nSPS) is 15.8. The van der Waals surface area contributed by atoms with Crippen LogP contribution in [-0.4, -0.2) is 15.2 Å². The van der Waals surface area contributed by atoms with Crippen LogP contribution < -0.4 is 0 Å². The SMILES string of the molecule is Cc1ccccc1CSc1n[nH]c(CC2CCCC2)n1. The minimum absolute atomic E-state index is 0.817. The molecule has 1 N–H and O–H groups in total. The van der Waals surface area contributed by atoms with Gasteiger partial charge in [0.15, 0.2) is 0 Å². The summed E-state index contributed by atoms with van der Waals surface area (Å²) in [4.78, 5) is 4.61. The number of aromatic nitrogens is 3. The molecule has 0 saturated heterocycles. The van der Waals surface area contributed by atoms with Crippen molar-refractivity contribution in [2.45, 2.75) is 49.9 Å². The lowest BCUT2D eigenvalue weighted by atomic mass is 10.0. The van der Waals surface area contributed by atoms with E-state index in [4.69, 9.17) is 0 Å². The predicted molar refractivity (Wildman–Crippen MR) is 82.8 cm³/mol. The molecule has 1 aliphatic carbocycles. The zero-order chi connectivity index (χ0) is 13.8. The summed E-state index contributed by atoms with van der Waals surface area (Å²) < 4.78 is 0. The number of nitrogens with one attached hydrogen (secondary N) is 1. The zero-order valence-corrected chi connectivity index (χ0v) is 12.7. The Morgan fingerprint density at radius 2 is 2.05 bits per heavy atom. The Morgan fingerprint density at radius 1 is 1.25 bits per heavy atom. The first-order valence-corrected chi connectivity index (χ1v) is 8.38. The fourth-order valence-corrected chi connectivity index (χ4v) is 3.73. The number of thioether (sulfide) groups is 1. The molecular formula is C16H21N3S. The Morgan fingerprint density at radius 3 is 2.85 bits per heavy atom. The highest BCUT2D eigenvalue weighted by molar-refractivity contribution is 7.98. The fraction of sp³-hybridized carbons (Fsp3) is 0.500. The molecule has 0 amide bonds. The molecule has 0 bridgehead atoms. The van der Waals surface area contributed by atoms with Gasteiger partial charge in [-0.3, -0.25) is 5.10 Å². The predicted octanol–water partition coefficient (Wildman–Crippen LogP) is 4.14. The summed E-state index contributed by atoms with van der Waals surface area (Å²) in [5.41, 5.74) is 2.70. The molecule has 3 nitrogen and oxygen atoms in total. The largest absolute Gasteiger partial charge is 0.262 e. The van der Waals surface area contributed by atoms with Crippen LogP contribution in [0.15, 0.2) is 29.4 Å². The molecule has 20 heavy (non-hydrogen) atoms. The molecule has 1 saturated carbocycles. The van der Waals surface area contributed by atoms with Gasteiger partial charge in [-0.05, 0) is 24.0 Å². The van der Waals surface area contributed by atoms with Crippen molar-refractivity contribution in [1.29, 1.82) is 0 Å². The van der Waals surface area contributed by atoms with E-state index in [-0.39, 0.29) is 0 Å². The van der Waals surface area contributed by atoms with E-state index in [2.05, 4.69) is 46.4 Å². The van der Waals surface area contributed by atoms with E-state index in [0.29, 0.717) is 0 Å². The van der Waals surface area contributed by atoms with E-state index in [1.54, 1.807) is 11.8 Å². The van der Waals surface area contributed by atoms with Crippen LogP contribution in [0.2, 0.25) is 0 Å². The summed E-state index contributed by atoms with van der Waals surface area (Å²) in [5, 5.41) is 8.31. The van der Waals surface area contributed by atoms with Crippen LogP contribution in [0.1, 0.15) is 42.6 Å². The quantitative estimate of drug-likeness (QED) is 0.840. The first-order valence-electron chi connectivity index (χ1n) is 7.40. The van der Waals surface area contributed by atoms with Crippen molar-refractivity contribution in [3.8, 4) is 0 Å². The lowest BCUT2D eigenvalue weighted by molar-refractivity contribution is 0.531. The van der Waals surface area contributed by atoms with Crippen molar-refractivity contribution in [2.75, 3.05) is 0 Å². The Hall–Kier alpha value is -1.29. The lowest BCUT2D eigenvalue weighted by Crippen LogP contribution is -2.00. The molecule has 0 spiro atoms. The first-order chi connectivity index (χ1) is 9.81. The van der Waals surface area contributed by atoms with Crippen molar-refractivity contribution in [3.63, 3.8) is 0 Å². The van der Waals surface area contributed by atoms with Crippen molar-refractivity contribution < 1.29 is 0 Å². The molecule has 4 heteroatoms. The number of rotatable bonds is 5.